The van der Waals surface area contributed by atoms with Crippen molar-refractivity contribution in [3.8, 4) is 0 Å². The number of carbonyl (C=O) groups excluding carboxylic acids is 1. The molecule has 0 saturated heterocycles. The zero-order chi connectivity index (χ0) is 11.5. The Morgan fingerprint density at radius 2 is 2.31 bits per heavy atom. The van der Waals surface area contributed by atoms with Gasteiger partial charge in [-0.15, -0.1) is 0 Å². The Kier molecular flexibility index (Phi) is 3.49. The van der Waals surface area contributed by atoms with Crippen molar-refractivity contribution in [3.05, 3.63) is 16.9 Å². The lowest BCUT2D eigenvalue weighted by Gasteiger charge is -2.11. The topological polar surface area (TPSA) is 46.9 Å². The molecule has 0 bridgehead atoms. The third-order valence-corrected chi connectivity index (χ3v) is 3.28. The van der Waals surface area contributed by atoms with Gasteiger partial charge in [0.15, 0.2) is 0 Å². The van der Waals surface area contributed by atoms with Gasteiger partial charge in [-0.2, -0.15) is 5.10 Å². The second-order valence-corrected chi connectivity index (χ2v) is 4.72. The van der Waals surface area contributed by atoms with E-state index < -0.39 is 0 Å². The fourth-order valence-electron chi connectivity index (χ4n) is 2.07. The Hall–Kier alpha value is -1.03. The number of halogens is 1. The summed E-state index contributed by atoms with van der Waals surface area (Å²) in [6, 6.07) is 0.361. The van der Waals surface area contributed by atoms with Crippen molar-refractivity contribution in [1.82, 2.24) is 15.1 Å². The minimum absolute atomic E-state index is 0.0195. The van der Waals surface area contributed by atoms with Gasteiger partial charge in [-0.3, -0.25) is 9.48 Å². The molecular weight excluding hydrogens is 226 g/mol. The van der Waals surface area contributed by atoms with E-state index in [0.717, 1.165) is 18.5 Å². The molecule has 0 aliphatic heterocycles. The van der Waals surface area contributed by atoms with Gasteiger partial charge in [-0.05, 0) is 19.8 Å². The Bertz CT molecular complexity index is 363. The largest absolute Gasteiger partial charge is 0.352 e. The third-order valence-electron chi connectivity index (χ3n) is 2.91. The number of aryl methyl sites for hydroxylation is 1. The van der Waals surface area contributed by atoms with Gasteiger partial charge >= 0.3 is 0 Å². The lowest BCUT2D eigenvalue weighted by atomic mass is 10.2. The number of rotatable bonds is 3. The van der Waals surface area contributed by atoms with Gasteiger partial charge in [0.1, 0.15) is 6.54 Å². The number of hydrogen-bond acceptors (Lipinski definition) is 2. The van der Waals surface area contributed by atoms with Crippen LogP contribution in [0.2, 0.25) is 5.02 Å². The third kappa shape index (κ3) is 2.76. The van der Waals surface area contributed by atoms with E-state index in [1.165, 1.54) is 12.8 Å². The number of amides is 1. The maximum absolute atomic E-state index is 11.7. The van der Waals surface area contributed by atoms with Crippen molar-refractivity contribution in [2.24, 2.45) is 0 Å². The summed E-state index contributed by atoms with van der Waals surface area (Å²) in [6.07, 6.45) is 6.33. The highest BCUT2D eigenvalue weighted by Gasteiger charge is 2.17. The van der Waals surface area contributed by atoms with Crippen LogP contribution in [0.5, 0.6) is 0 Å². The van der Waals surface area contributed by atoms with Crippen molar-refractivity contribution < 1.29 is 4.79 Å². The Balaban J connectivity index is 1.86. The second-order valence-electron chi connectivity index (χ2n) is 4.31. The second kappa shape index (κ2) is 4.87. The van der Waals surface area contributed by atoms with E-state index in [1.807, 2.05) is 6.92 Å². The molecule has 0 atom stereocenters. The van der Waals surface area contributed by atoms with Crippen LogP contribution in [0, 0.1) is 6.92 Å². The molecule has 1 aromatic rings. The molecule has 1 aliphatic carbocycles. The van der Waals surface area contributed by atoms with Crippen LogP contribution in [-0.2, 0) is 11.3 Å². The van der Waals surface area contributed by atoms with Crippen molar-refractivity contribution in [2.75, 3.05) is 0 Å². The highest BCUT2D eigenvalue weighted by atomic mass is 35.5. The van der Waals surface area contributed by atoms with Crippen molar-refractivity contribution >= 4 is 17.5 Å². The fraction of sp³-hybridized carbons (Fsp3) is 0.636. The summed E-state index contributed by atoms with van der Waals surface area (Å²) >= 11 is 5.87. The highest BCUT2D eigenvalue weighted by molar-refractivity contribution is 6.31. The van der Waals surface area contributed by atoms with Gasteiger partial charge in [0.25, 0.3) is 0 Å². The molecule has 0 spiro atoms. The van der Waals surface area contributed by atoms with Crippen LogP contribution in [0.4, 0.5) is 0 Å². The van der Waals surface area contributed by atoms with Gasteiger partial charge in [-0.25, -0.2) is 0 Å². The average Bonchev–Trinajstić information content (AvgIpc) is 2.78. The minimum Gasteiger partial charge on any atom is -0.352 e. The standard InChI is InChI=1S/C11H16ClN3O/c1-8-10(12)6-15(14-8)7-11(16)13-9-4-2-3-5-9/h6,9H,2-5,7H2,1H3,(H,13,16). The lowest BCUT2D eigenvalue weighted by molar-refractivity contribution is -0.122. The number of hydrogen-bond donors (Lipinski definition) is 1. The zero-order valence-corrected chi connectivity index (χ0v) is 10.1. The van der Waals surface area contributed by atoms with Gasteiger partial charge in [0.05, 0.1) is 10.7 Å². The number of nitrogens with one attached hydrogen (secondary N) is 1. The van der Waals surface area contributed by atoms with Gasteiger partial charge in [0.2, 0.25) is 5.91 Å². The van der Waals surface area contributed by atoms with E-state index in [4.69, 9.17) is 11.6 Å². The first-order chi connectivity index (χ1) is 7.65. The first kappa shape index (κ1) is 11.5. The SMILES string of the molecule is Cc1nn(CC(=O)NC2CCCC2)cc1Cl. The zero-order valence-electron chi connectivity index (χ0n) is 9.37. The van der Waals surface area contributed by atoms with Gasteiger partial charge in [-0.1, -0.05) is 24.4 Å². The highest BCUT2D eigenvalue weighted by Crippen LogP contribution is 2.17. The minimum atomic E-state index is 0.0195. The molecule has 5 heteroatoms. The molecule has 0 radical (unpaired) electrons. The van der Waals surface area contributed by atoms with Crippen molar-refractivity contribution in [2.45, 2.75) is 45.2 Å². The van der Waals surface area contributed by atoms with Crippen molar-refractivity contribution in [3.63, 3.8) is 0 Å². The van der Waals surface area contributed by atoms with Crippen LogP contribution in [0.25, 0.3) is 0 Å². The molecule has 1 heterocycles. The van der Waals surface area contributed by atoms with E-state index in [2.05, 4.69) is 10.4 Å². The van der Waals surface area contributed by atoms with Gasteiger partial charge < -0.3 is 5.32 Å². The maximum Gasteiger partial charge on any atom is 0.241 e. The molecular formula is C11H16ClN3O. The summed E-state index contributed by atoms with van der Waals surface area (Å²) < 4.78 is 1.59. The first-order valence-corrected chi connectivity index (χ1v) is 6.02. The molecule has 1 aliphatic rings. The molecule has 1 saturated carbocycles. The van der Waals surface area contributed by atoms with E-state index in [0.29, 0.717) is 11.1 Å². The normalized spacial score (nSPS) is 16.6. The number of carbonyl (C=O) groups is 1. The molecule has 4 nitrogen and oxygen atoms in total. The summed E-state index contributed by atoms with van der Waals surface area (Å²) in [4.78, 5) is 11.7. The molecule has 1 aromatic heterocycles. The molecule has 88 valence electrons. The fourth-order valence-corrected chi connectivity index (χ4v) is 2.22. The number of nitrogens with zero attached hydrogens (tertiary/aromatic N) is 2. The Morgan fingerprint density at radius 1 is 1.62 bits per heavy atom. The van der Waals surface area contributed by atoms with Crippen LogP contribution in [0.3, 0.4) is 0 Å². The summed E-state index contributed by atoms with van der Waals surface area (Å²) in [5.74, 6) is 0.0195. The van der Waals surface area contributed by atoms with Crippen LogP contribution >= 0.6 is 11.6 Å². The Morgan fingerprint density at radius 3 is 2.88 bits per heavy atom. The quantitative estimate of drug-likeness (QED) is 0.879. The average molecular weight is 242 g/mol. The molecule has 1 amide bonds. The van der Waals surface area contributed by atoms with E-state index in [-0.39, 0.29) is 12.5 Å². The van der Waals surface area contributed by atoms with Crippen LogP contribution in [0.1, 0.15) is 31.4 Å². The van der Waals surface area contributed by atoms with Crippen LogP contribution in [0.15, 0.2) is 6.20 Å². The molecule has 1 N–H and O–H groups in total. The van der Waals surface area contributed by atoms with Crippen molar-refractivity contribution in [1.29, 1.82) is 0 Å². The summed E-state index contributed by atoms with van der Waals surface area (Å²) in [5.41, 5.74) is 0.760. The van der Waals surface area contributed by atoms with Crippen LogP contribution < -0.4 is 5.32 Å². The summed E-state index contributed by atoms with van der Waals surface area (Å²) in [5, 5.41) is 7.77. The lowest BCUT2D eigenvalue weighted by Crippen LogP contribution is -2.35. The Labute approximate surface area is 100.0 Å². The molecule has 0 unspecified atom stereocenters. The number of aromatic nitrogens is 2. The maximum atomic E-state index is 11.7. The summed E-state index contributed by atoms with van der Waals surface area (Å²) in [6.45, 7) is 2.08. The predicted octanol–water partition coefficient (Wildman–Crippen LogP) is 1.90. The molecule has 16 heavy (non-hydrogen) atoms. The monoisotopic (exact) mass is 241 g/mol. The van der Waals surface area contributed by atoms with E-state index >= 15 is 0 Å². The molecule has 0 aromatic carbocycles. The van der Waals surface area contributed by atoms with Gasteiger partial charge in [0, 0.05) is 12.2 Å². The first-order valence-electron chi connectivity index (χ1n) is 5.64. The smallest absolute Gasteiger partial charge is 0.241 e. The van der Waals surface area contributed by atoms with E-state index in [9.17, 15) is 4.79 Å². The van der Waals surface area contributed by atoms with E-state index in [1.54, 1.807) is 10.9 Å². The molecule has 2 rings (SSSR count). The summed E-state index contributed by atoms with van der Waals surface area (Å²) in [7, 11) is 0. The van der Waals surface area contributed by atoms with Crippen LogP contribution in [-0.4, -0.2) is 21.7 Å². The predicted molar refractivity (Wildman–Crippen MR) is 62.4 cm³/mol. The molecule has 1 fully saturated rings.